The number of nitrogens with one attached hydrogen (secondary N) is 1. The van der Waals surface area contributed by atoms with Gasteiger partial charge in [0.1, 0.15) is 0 Å². The molecule has 0 fully saturated rings. The van der Waals surface area contributed by atoms with E-state index in [0.29, 0.717) is 25.2 Å². The highest BCUT2D eigenvalue weighted by molar-refractivity contribution is 5.87. The molecule has 1 rings (SSSR count). The fourth-order valence-electron chi connectivity index (χ4n) is 3.33. The largest absolute Gasteiger partial charge is 0.462 e. The summed E-state index contributed by atoms with van der Waals surface area (Å²) in [6.45, 7) is 25.1. The predicted octanol–water partition coefficient (Wildman–Crippen LogP) is 3.33. The molecule has 12 nitrogen and oxygen atoms in total. The molecule has 3 N–H and O–H groups in total. The van der Waals surface area contributed by atoms with Crippen LogP contribution < -0.4 is 16.0 Å². The van der Waals surface area contributed by atoms with Crippen LogP contribution in [-0.2, 0) is 28.6 Å². The molecule has 0 saturated carbocycles. The summed E-state index contributed by atoms with van der Waals surface area (Å²) in [6, 6.07) is 0. The van der Waals surface area contributed by atoms with Crippen LogP contribution in [0.3, 0.4) is 0 Å². The van der Waals surface area contributed by atoms with E-state index < -0.39 is 34.2 Å². The molecule has 0 unspecified atom stereocenters. The van der Waals surface area contributed by atoms with Gasteiger partial charge in [0.25, 0.3) is 0 Å². The molecule has 0 atom stereocenters. The molecule has 0 aliphatic heterocycles. The van der Waals surface area contributed by atoms with Crippen LogP contribution in [0.1, 0.15) is 48.5 Å². The van der Waals surface area contributed by atoms with Crippen molar-refractivity contribution in [2.75, 3.05) is 55.4 Å². The number of hydrogen-bond donors (Lipinski definition) is 2. The van der Waals surface area contributed by atoms with Crippen molar-refractivity contribution in [2.24, 2.45) is 16.2 Å². The maximum absolute atomic E-state index is 12.0. The normalized spacial score (nSPS) is 11.7. The third-order valence-corrected chi connectivity index (χ3v) is 5.37. The van der Waals surface area contributed by atoms with Crippen LogP contribution in [0.15, 0.2) is 37.5 Å². The van der Waals surface area contributed by atoms with Crippen LogP contribution in [0.4, 0.5) is 17.8 Å². The number of rotatable bonds is 17. The van der Waals surface area contributed by atoms with Crippen molar-refractivity contribution in [2.45, 2.75) is 48.5 Å². The second-order valence-electron chi connectivity index (χ2n) is 12.0. The van der Waals surface area contributed by atoms with E-state index in [-0.39, 0.29) is 37.7 Å². The SMILES string of the molecule is C=CC(=O)OCC(C)(C)CNc1nc(N)nc(N(CC(C)(C)COC(=O)C=C)CC(C)(C)COC(=O)C(=C)C)n1. The van der Waals surface area contributed by atoms with Crippen LogP contribution >= 0.6 is 0 Å². The third kappa shape index (κ3) is 12.7. The Balaban J connectivity index is 3.24. The zero-order valence-corrected chi connectivity index (χ0v) is 24.8. The van der Waals surface area contributed by atoms with E-state index in [0.717, 1.165) is 12.2 Å². The Labute approximate surface area is 237 Å². The highest BCUT2D eigenvalue weighted by Crippen LogP contribution is 2.27. The predicted molar refractivity (Wildman–Crippen MR) is 154 cm³/mol. The molecule has 1 aromatic rings. The summed E-state index contributed by atoms with van der Waals surface area (Å²) in [5.74, 6) is -0.993. The average Bonchev–Trinajstić information content (AvgIpc) is 2.86. The van der Waals surface area contributed by atoms with Gasteiger partial charge in [-0.3, -0.25) is 0 Å². The molecule has 1 heterocycles. The van der Waals surface area contributed by atoms with Gasteiger partial charge in [0.05, 0.1) is 19.8 Å². The van der Waals surface area contributed by atoms with Crippen molar-refractivity contribution in [3.8, 4) is 0 Å². The maximum Gasteiger partial charge on any atom is 0.333 e. The number of nitrogens with zero attached hydrogens (tertiary/aromatic N) is 4. The lowest BCUT2D eigenvalue weighted by Crippen LogP contribution is -2.44. The molecule has 222 valence electrons. The van der Waals surface area contributed by atoms with Crippen LogP contribution in [0.2, 0.25) is 0 Å². The van der Waals surface area contributed by atoms with Crippen molar-refractivity contribution >= 4 is 35.8 Å². The van der Waals surface area contributed by atoms with E-state index >= 15 is 0 Å². The van der Waals surface area contributed by atoms with Gasteiger partial charge in [0, 0.05) is 53.6 Å². The molecule has 1 aromatic heterocycles. The monoisotopic (exact) mass is 560 g/mol. The molecule has 0 saturated heterocycles. The van der Waals surface area contributed by atoms with Gasteiger partial charge in [-0.15, -0.1) is 0 Å². The summed E-state index contributed by atoms with van der Waals surface area (Å²) >= 11 is 0. The summed E-state index contributed by atoms with van der Waals surface area (Å²) < 4.78 is 15.9. The van der Waals surface area contributed by atoms with Crippen molar-refractivity contribution in [1.29, 1.82) is 0 Å². The van der Waals surface area contributed by atoms with Gasteiger partial charge in [-0.25, -0.2) is 14.4 Å². The fourth-order valence-corrected chi connectivity index (χ4v) is 3.33. The molecule has 12 heteroatoms. The number of carbonyl (C=O) groups is 3. The number of aromatic nitrogens is 3. The number of carbonyl (C=O) groups excluding carboxylic acids is 3. The Morgan fingerprint density at radius 3 is 1.80 bits per heavy atom. The zero-order valence-electron chi connectivity index (χ0n) is 24.8. The summed E-state index contributed by atoms with van der Waals surface area (Å²) in [5, 5.41) is 3.14. The van der Waals surface area contributed by atoms with Crippen molar-refractivity contribution < 1.29 is 28.6 Å². The molecular weight excluding hydrogens is 516 g/mol. The van der Waals surface area contributed by atoms with E-state index in [9.17, 15) is 14.4 Å². The Kier molecular flexibility index (Phi) is 12.3. The summed E-state index contributed by atoms with van der Waals surface area (Å²) in [7, 11) is 0. The molecule has 0 amide bonds. The highest BCUT2D eigenvalue weighted by Gasteiger charge is 2.31. The third-order valence-electron chi connectivity index (χ3n) is 5.37. The molecule has 0 aromatic carbocycles. The van der Waals surface area contributed by atoms with Gasteiger partial charge in [0.2, 0.25) is 17.8 Å². The van der Waals surface area contributed by atoms with Gasteiger partial charge >= 0.3 is 17.9 Å². The Morgan fingerprint density at radius 2 is 1.32 bits per heavy atom. The van der Waals surface area contributed by atoms with E-state index in [1.807, 2.05) is 46.4 Å². The molecule has 0 spiro atoms. The van der Waals surface area contributed by atoms with Crippen molar-refractivity contribution in [3.05, 3.63) is 37.5 Å². The van der Waals surface area contributed by atoms with Gasteiger partial charge in [-0.1, -0.05) is 61.3 Å². The average molecular weight is 561 g/mol. The molecule has 0 bridgehead atoms. The minimum absolute atomic E-state index is 0.00389. The minimum atomic E-state index is -0.537. The topological polar surface area (TPSA) is 159 Å². The zero-order chi connectivity index (χ0) is 30.7. The molecular formula is C28H44N6O6. The van der Waals surface area contributed by atoms with Gasteiger partial charge in [-0.05, 0) is 6.92 Å². The summed E-state index contributed by atoms with van der Waals surface area (Å²) in [4.78, 5) is 50.2. The number of nitrogen functional groups attached to an aromatic ring is 1. The number of nitrogens with two attached hydrogens (primary N) is 1. The first-order valence-corrected chi connectivity index (χ1v) is 12.8. The first-order chi connectivity index (χ1) is 18.4. The van der Waals surface area contributed by atoms with Crippen LogP contribution in [0.5, 0.6) is 0 Å². The molecule has 0 radical (unpaired) electrons. The van der Waals surface area contributed by atoms with Crippen LogP contribution in [-0.4, -0.2) is 72.3 Å². The highest BCUT2D eigenvalue weighted by atomic mass is 16.5. The van der Waals surface area contributed by atoms with Gasteiger partial charge in [-0.2, -0.15) is 15.0 Å². The molecule has 0 aliphatic carbocycles. The van der Waals surface area contributed by atoms with Crippen molar-refractivity contribution in [3.63, 3.8) is 0 Å². The van der Waals surface area contributed by atoms with Crippen LogP contribution in [0, 0.1) is 16.2 Å². The Bertz CT molecular complexity index is 1100. The van der Waals surface area contributed by atoms with Gasteiger partial charge in [0.15, 0.2) is 0 Å². The maximum atomic E-state index is 12.0. The first kappa shape index (κ1) is 34.1. The first-order valence-electron chi connectivity index (χ1n) is 12.8. The minimum Gasteiger partial charge on any atom is -0.462 e. The smallest absolute Gasteiger partial charge is 0.333 e. The lowest BCUT2D eigenvalue weighted by Gasteiger charge is -2.37. The standard InChI is InChI=1S/C28H44N6O6/c1-11-20(35)38-16-26(5,6)13-30-24-31-23(29)32-25(33-24)34(14-27(7,8)17-39-21(36)12-2)15-28(9,10)18-40-22(37)19(3)4/h11-12H,1-3,13-18H2,4-10H3,(H3,29,30,31,32,33). The summed E-state index contributed by atoms with van der Waals surface area (Å²) in [5.41, 5.74) is 4.84. The second kappa shape index (κ2) is 14.4. The lowest BCUT2D eigenvalue weighted by atomic mass is 9.90. The van der Waals surface area contributed by atoms with Crippen molar-refractivity contribution in [1.82, 2.24) is 15.0 Å². The van der Waals surface area contributed by atoms with Gasteiger partial charge < -0.3 is 30.2 Å². The number of ether oxygens (including phenoxy) is 3. The Hall–Kier alpha value is -3.96. The van der Waals surface area contributed by atoms with E-state index in [4.69, 9.17) is 19.9 Å². The Morgan fingerprint density at radius 1 is 0.850 bits per heavy atom. The van der Waals surface area contributed by atoms with Crippen LogP contribution in [0.25, 0.3) is 0 Å². The number of esters is 3. The summed E-state index contributed by atoms with van der Waals surface area (Å²) in [6.07, 6.45) is 2.22. The van der Waals surface area contributed by atoms with E-state index in [1.165, 1.54) is 0 Å². The number of anilines is 3. The quantitative estimate of drug-likeness (QED) is 0.163. The second-order valence-corrected chi connectivity index (χ2v) is 12.0. The molecule has 40 heavy (non-hydrogen) atoms. The lowest BCUT2D eigenvalue weighted by molar-refractivity contribution is -0.142. The number of hydrogen-bond acceptors (Lipinski definition) is 12. The van der Waals surface area contributed by atoms with E-state index in [1.54, 1.807) is 6.92 Å². The fraction of sp³-hybridized carbons (Fsp3) is 0.571. The molecule has 0 aliphatic rings. The van der Waals surface area contributed by atoms with E-state index in [2.05, 4.69) is 40.0 Å².